The number of rotatable bonds is 3. The van der Waals surface area contributed by atoms with Crippen LogP contribution in [0.5, 0.6) is 0 Å². The molecule has 1 aromatic heterocycles. The van der Waals surface area contributed by atoms with E-state index in [-0.39, 0.29) is 5.69 Å². The summed E-state index contributed by atoms with van der Waals surface area (Å²) in [6.45, 7) is 1.90. The highest BCUT2D eigenvalue weighted by atomic mass is 16.5. The topological polar surface area (TPSA) is 69.1 Å². The Morgan fingerprint density at radius 1 is 1.91 bits per heavy atom. The summed E-state index contributed by atoms with van der Waals surface area (Å²) >= 11 is 0. The van der Waals surface area contributed by atoms with Gasteiger partial charge in [0.2, 0.25) is 0 Å². The van der Waals surface area contributed by atoms with Gasteiger partial charge in [-0.25, -0.2) is 0 Å². The third-order valence-corrected chi connectivity index (χ3v) is 1.22. The van der Waals surface area contributed by atoms with E-state index in [2.05, 4.69) is 5.16 Å². The number of hydrogen-bond donors (Lipinski definition) is 1. The summed E-state index contributed by atoms with van der Waals surface area (Å²) in [5, 5.41) is 3.46. The molecular formula is C7H9N2O2. The molecule has 0 unspecified atom stereocenters. The van der Waals surface area contributed by atoms with Crippen molar-refractivity contribution in [3.8, 4) is 0 Å². The van der Waals surface area contributed by atoms with Crippen LogP contribution in [-0.4, -0.2) is 11.1 Å². The van der Waals surface area contributed by atoms with E-state index in [0.717, 1.165) is 0 Å². The first kappa shape index (κ1) is 7.78. The predicted molar refractivity (Wildman–Crippen MR) is 38.7 cm³/mol. The van der Waals surface area contributed by atoms with Crippen molar-refractivity contribution in [2.45, 2.75) is 13.3 Å². The van der Waals surface area contributed by atoms with E-state index in [4.69, 9.17) is 10.3 Å². The van der Waals surface area contributed by atoms with Gasteiger partial charge < -0.3 is 10.3 Å². The maximum Gasteiger partial charge on any atom is 0.270 e. The summed E-state index contributed by atoms with van der Waals surface area (Å²) in [7, 11) is 0. The van der Waals surface area contributed by atoms with Gasteiger partial charge in [0.15, 0.2) is 5.69 Å². The predicted octanol–water partition coefficient (Wildman–Crippen LogP) is 0.540. The van der Waals surface area contributed by atoms with Crippen molar-refractivity contribution in [1.29, 1.82) is 0 Å². The second-order valence-electron chi connectivity index (χ2n) is 2.16. The molecule has 0 saturated carbocycles. The number of nitrogens with zero attached hydrogens (tertiary/aromatic N) is 1. The van der Waals surface area contributed by atoms with Crippen LogP contribution in [0.1, 0.15) is 23.2 Å². The number of nitrogens with two attached hydrogens (primary N) is 1. The van der Waals surface area contributed by atoms with Crippen molar-refractivity contribution in [2.75, 3.05) is 0 Å². The summed E-state index contributed by atoms with van der Waals surface area (Å²) in [6, 6.07) is 1.54. The second kappa shape index (κ2) is 3.18. The summed E-state index contributed by atoms with van der Waals surface area (Å²) in [5.74, 6) is 0.0948. The number of amides is 1. The average Bonchev–Trinajstić information content (AvgIpc) is 2.37. The fourth-order valence-corrected chi connectivity index (χ4v) is 0.726. The molecule has 11 heavy (non-hydrogen) atoms. The monoisotopic (exact) mass is 153 g/mol. The molecule has 1 rings (SSSR count). The average molecular weight is 153 g/mol. The Morgan fingerprint density at radius 3 is 3.09 bits per heavy atom. The van der Waals surface area contributed by atoms with Gasteiger partial charge in [0.05, 0.1) is 0 Å². The zero-order chi connectivity index (χ0) is 8.27. The van der Waals surface area contributed by atoms with Crippen LogP contribution in [0, 0.1) is 6.42 Å². The number of carbonyl (C=O) groups is 1. The van der Waals surface area contributed by atoms with Crippen LogP contribution < -0.4 is 5.73 Å². The fourth-order valence-electron chi connectivity index (χ4n) is 0.726. The Balaban J connectivity index is 2.73. The smallest absolute Gasteiger partial charge is 0.270 e. The van der Waals surface area contributed by atoms with E-state index in [1.807, 2.05) is 13.3 Å². The molecule has 0 aromatic carbocycles. The number of aromatic nitrogens is 1. The van der Waals surface area contributed by atoms with Gasteiger partial charge in [0.1, 0.15) is 5.76 Å². The molecular weight excluding hydrogens is 144 g/mol. The minimum absolute atomic E-state index is 0.182. The third-order valence-electron chi connectivity index (χ3n) is 1.22. The van der Waals surface area contributed by atoms with E-state index in [1.165, 1.54) is 0 Å². The van der Waals surface area contributed by atoms with Crippen molar-refractivity contribution < 1.29 is 9.32 Å². The summed E-state index contributed by atoms with van der Waals surface area (Å²) in [5.41, 5.74) is 5.13. The molecule has 0 saturated heterocycles. The number of carbonyl (C=O) groups excluding carboxylic acids is 1. The second-order valence-corrected chi connectivity index (χ2v) is 2.16. The molecule has 1 aromatic rings. The molecule has 2 N–H and O–H groups in total. The lowest BCUT2D eigenvalue weighted by molar-refractivity contribution is 0.0991. The van der Waals surface area contributed by atoms with Crippen LogP contribution in [0.4, 0.5) is 0 Å². The van der Waals surface area contributed by atoms with Gasteiger partial charge in [-0.15, -0.1) is 0 Å². The molecule has 1 heterocycles. The van der Waals surface area contributed by atoms with Gasteiger partial charge in [-0.05, 0) is 6.42 Å². The van der Waals surface area contributed by atoms with E-state index >= 15 is 0 Å². The molecule has 4 nitrogen and oxygen atoms in total. The Bertz CT molecular complexity index is 255. The van der Waals surface area contributed by atoms with Gasteiger partial charge in [0, 0.05) is 12.5 Å². The Labute approximate surface area is 64.4 Å². The molecule has 0 aliphatic carbocycles. The number of hydrogen-bond acceptors (Lipinski definition) is 3. The standard InChI is InChI=1S/C7H9N2O2/c1-2-3-5-4-6(7(8)10)9-11-5/h2,4H,3H2,1H3,(H2,8,10). The lowest BCUT2D eigenvalue weighted by atomic mass is 10.2. The Hall–Kier alpha value is -1.32. The third kappa shape index (κ3) is 1.80. The summed E-state index contributed by atoms with van der Waals surface area (Å²) < 4.78 is 4.78. The molecule has 0 fully saturated rings. The van der Waals surface area contributed by atoms with E-state index in [0.29, 0.717) is 12.2 Å². The van der Waals surface area contributed by atoms with E-state index < -0.39 is 5.91 Å². The highest BCUT2D eigenvalue weighted by molar-refractivity contribution is 5.90. The van der Waals surface area contributed by atoms with Crippen molar-refractivity contribution >= 4 is 5.91 Å². The van der Waals surface area contributed by atoms with Crippen molar-refractivity contribution in [1.82, 2.24) is 5.16 Å². The first-order chi connectivity index (χ1) is 5.24. The molecule has 4 heteroatoms. The lowest BCUT2D eigenvalue weighted by Crippen LogP contribution is -2.10. The normalized spacial score (nSPS) is 9.91. The van der Waals surface area contributed by atoms with Gasteiger partial charge in [0.25, 0.3) is 5.91 Å². The maximum atomic E-state index is 10.5. The molecule has 0 bridgehead atoms. The van der Waals surface area contributed by atoms with Crippen LogP contribution in [-0.2, 0) is 6.42 Å². The minimum Gasteiger partial charge on any atom is -0.364 e. The van der Waals surface area contributed by atoms with Crippen molar-refractivity contribution in [3.63, 3.8) is 0 Å². The Morgan fingerprint density at radius 2 is 2.64 bits per heavy atom. The molecule has 0 spiro atoms. The van der Waals surface area contributed by atoms with Crippen LogP contribution >= 0.6 is 0 Å². The molecule has 0 aliphatic heterocycles. The van der Waals surface area contributed by atoms with E-state index in [1.54, 1.807) is 6.07 Å². The molecule has 0 atom stereocenters. The van der Waals surface area contributed by atoms with Gasteiger partial charge >= 0.3 is 0 Å². The first-order valence-corrected chi connectivity index (χ1v) is 3.27. The van der Waals surface area contributed by atoms with Crippen molar-refractivity contribution in [3.05, 3.63) is 23.9 Å². The first-order valence-electron chi connectivity index (χ1n) is 3.27. The largest absolute Gasteiger partial charge is 0.364 e. The summed E-state index contributed by atoms with van der Waals surface area (Å²) in [6.07, 6.45) is 2.57. The van der Waals surface area contributed by atoms with Crippen LogP contribution in [0.25, 0.3) is 0 Å². The van der Waals surface area contributed by atoms with Crippen LogP contribution in [0.15, 0.2) is 10.6 Å². The lowest BCUT2D eigenvalue weighted by Gasteiger charge is -1.83. The SMILES string of the molecule is C[CH]Cc1cc(C(N)=O)no1. The molecule has 1 radical (unpaired) electrons. The van der Waals surface area contributed by atoms with Crippen molar-refractivity contribution in [2.24, 2.45) is 5.73 Å². The highest BCUT2D eigenvalue weighted by Crippen LogP contribution is 2.04. The maximum absolute atomic E-state index is 10.5. The van der Waals surface area contributed by atoms with Gasteiger partial charge in [-0.1, -0.05) is 12.1 Å². The quantitative estimate of drug-likeness (QED) is 0.689. The molecule has 0 aliphatic rings. The zero-order valence-corrected chi connectivity index (χ0v) is 6.20. The number of primary amides is 1. The Kier molecular flexibility index (Phi) is 2.25. The minimum atomic E-state index is -0.559. The molecule has 59 valence electrons. The van der Waals surface area contributed by atoms with Gasteiger partial charge in [-0.3, -0.25) is 4.79 Å². The van der Waals surface area contributed by atoms with Gasteiger partial charge in [-0.2, -0.15) is 0 Å². The van der Waals surface area contributed by atoms with Crippen LogP contribution in [0.3, 0.4) is 0 Å². The molecule has 1 amide bonds. The zero-order valence-electron chi connectivity index (χ0n) is 6.20. The fraction of sp³-hybridized carbons (Fsp3) is 0.286. The highest BCUT2D eigenvalue weighted by Gasteiger charge is 2.07. The van der Waals surface area contributed by atoms with Crippen LogP contribution in [0.2, 0.25) is 0 Å². The summed E-state index contributed by atoms with van der Waals surface area (Å²) in [4.78, 5) is 10.5. The van der Waals surface area contributed by atoms with E-state index in [9.17, 15) is 4.79 Å².